The number of carbonyl (C=O) groups is 1. The molecule has 84 valence electrons. The fraction of sp³-hybridized carbons (Fsp3) is 0.500. The SMILES string of the molecule is Cc1ccc(C(=O)NC(C)(CO)CO)s1. The van der Waals surface area contributed by atoms with Gasteiger partial charge in [0.05, 0.1) is 23.6 Å². The van der Waals surface area contributed by atoms with E-state index in [4.69, 9.17) is 10.2 Å². The maximum Gasteiger partial charge on any atom is 0.261 e. The zero-order valence-electron chi connectivity index (χ0n) is 8.78. The molecule has 0 spiro atoms. The molecule has 1 heterocycles. The Morgan fingerprint density at radius 3 is 2.47 bits per heavy atom. The summed E-state index contributed by atoms with van der Waals surface area (Å²) in [6.07, 6.45) is 0. The molecule has 0 saturated heterocycles. The molecule has 4 nitrogen and oxygen atoms in total. The van der Waals surface area contributed by atoms with E-state index in [-0.39, 0.29) is 19.1 Å². The maximum absolute atomic E-state index is 11.7. The fourth-order valence-electron chi connectivity index (χ4n) is 1.02. The van der Waals surface area contributed by atoms with Gasteiger partial charge in [0.25, 0.3) is 5.91 Å². The lowest BCUT2D eigenvalue weighted by atomic mass is 10.1. The van der Waals surface area contributed by atoms with Gasteiger partial charge in [-0.2, -0.15) is 0 Å². The maximum atomic E-state index is 11.7. The summed E-state index contributed by atoms with van der Waals surface area (Å²) >= 11 is 1.38. The standard InChI is InChI=1S/C10H15NO3S/c1-7-3-4-8(15-7)9(14)11-10(2,5-12)6-13/h3-4,12-13H,5-6H2,1-2H3,(H,11,14). The third-order valence-electron chi connectivity index (χ3n) is 2.08. The molecule has 1 rings (SSSR count). The number of aliphatic hydroxyl groups excluding tert-OH is 2. The number of thiophene rings is 1. The first kappa shape index (κ1) is 12.2. The van der Waals surface area contributed by atoms with Gasteiger partial charge in [0.1, 0.15) is 0 Å². The Balaban J connectivity index is 2.71. The zero-order valence-corrected chi connectivity index (χ0v) is 9.60. The largest absolute Gasteiger partial charge is 0.394 e. The summed E-state index contributed by atoms with van der Waals surface area (Å²) in [7, 11) is 0. The van der Waals surface area contributed by atoms with Crippen LogP contribution in [0.2, 0.25) is 0 Å². The third kappa shape index (κ3) is 3.02. The van der Waals surface area contributed by atoms with Gasteiger partial charge < -0.3 is 15.5 Å². The summed E-state index contributed by atoms with van der Waals surface area (Å²) < 4.78 is 0. The fourth-order valence-corrected chi connectivity index (χ4v) is 1.78. The lowest BCUT2D eigenvalue weighted by Gasteiger charge is -2.25. The van der Waals surface area contributed by atoms with Gasteiger partial charge in [-0.1, -0.05) is 0 Å². The van der Waals surface area contributed by atoms with Gasteiger partial charge in [0.2, 0.25) is 0 Å². The van der Waals surface area contributed by atoms with Crippen molar-refractivity contribution in [2.24, 2.45) is 0 Å². The predicted octanol–water partition coefficient (Wildman–Crippen LogP) is 0.530. The van der Waals surface area contributed by atoms with Crippen molar-refractivity contribution in [1.82, 2.24) is 5.32 Å². The monoisotopic (exact) mass is 229 g/mol. The lowest BCUT2D eigenvalue weighted by Crippen LogP contribution is -2.51. The Hall–Kier alpha value is -0.910. The highest BCUT2D eigenvalue weighted by Gasteiger charge is 2.25. The van der Waals surface area contributed by atoms with E-state index >= 15 is 0 Å². The number of aryl methyl sites for hydroxylation is 1. The molecule has 0 radical (unpaired) electrons. The second kappa shape index (κ2) is 4.74. The molecule has 0 fully saturated rings. The Morgan fingerprint density at radius 2 is 2.07 bits per heavy atom. The summed E-state index contributed by atoms with van der Waals surface area (Å²) in [4.78, 5) is 13.3. The highest BCUT2D eigenvalue weighted by molar-refractivity contribution is 7.13. The molecule has 0 aliphatic heterocycles. The van der Waals surface area contributed by atoms with E-state index < -0.39 is 5.54 Å². The van der Waals surface area contributed by atoms with Gasteiger partial charge in [0, 0.05) is 4.88 Å². The Labute approximate surface area is 92.6 Å². The van der Waals surface area contributed by atoms with Crippen molar-refractivity contribution in [2.45, 2.75) is 19.4 Å². The summed E-state index contributed by atoms with van der Waals surface area (Å²) in [5.41, 5.74) is -0.963. The number of hydrogen-bond acceptors (Lipinski definition) is 4. The van der Waals surface area contributed by atoms with Crippen LogP contribution >= 0.6 is 11.3 Å². The molecule has 1 aromatic heterocycles. The van der Waals surface area contributed by atoms with E-state index in [0.717, 1.165) is 4.88 Å². The number of rotatable bonds is 4. The lowest BCUT2D eigenvalue weighted by molar-refractivity contribution is 0.0727. The molecule has 0 bridgehead atoms. The topological polar surface area (TPSA) is 69.6 Å². The van der Waals surface area contributed by atoms with E-state index in [1.807, 2.05) is 13.0 Å². The molecule has 0 saturated carbocycles. The molecule has 1 aromatic rings. The van der Waals surface area contributed by atoms with Gasteiger partial charge in [-0.15, -0.1) is 11.3 Å². The van der Waals surface area contributed by atoms with E-state index in [2.05, 4.69) is 5.32 Å². The molecule has 5 heteroatoms. The highest BCUT2D eigenvalue weighted by Crippen LogP contribution is 2.15. The first-order chi connectivity index (χ1) is 7.00. The molecular formula is C10H15NO3S. The average molecular weight is 229 g/mol. The minimum Gasteiger partial charge on any atom is -0.394 e. The first-order valence-corrected chi connectivity index (χ1v) is 5.43. The number of hydrogen-bond donors (Lipinski definition) is 3. The molecule has 0 aliphatic rings. The third-order valence-corrected chi connectivity index (χ3v) is 3.08. The Morgan fingerprint density at radius 1 is 1.47 bits per heavy atom. The van der Waals surface area contributed by atoms with Crippen molar-refractivity contribution < 1.29 is 15.0 Å². The van der Waals surface area contributed by atoms with Crippen molar-refractivity contribution in [3.05, 3.63) is 21.9 Å². The molecule has 3 N–H and O–H groups in total. The molecule has 0 atom stereocenters. The quantitative estimate of drug-likeness (QED) is 0.705. The van der Waals surface area contributed by atoms with Crippen LogP contribution in [0.3, 0.4) is 0 Å². The molecule has 1 amide bonds. The van der Waals surface area contributed by atoms with Crippen molar-refractivity contribution in [3.8, 4) is 0 Å². The Bertz CT molecular complexity index is 344. The average Bonchev–Trinajstić information content (AvgIpc) is 2.65. The van der Waals surface area contributed by atoms with E-state index in [1.165, 1.54) is 11.3 Å². The minimum absolute atomic E-state index is 0.265. The zero-order chi connectivity index (χ0) is 11.5. The van der Waals surface area contributed by atoms with Crippen LogP contribution in [0.15, 0.2) is 12.1 Å². The molecular weight excluding hydrogens is 214 g/mol. The van der Waals surface area contributed by atoms with Crippen molar-refractivity contribution in [2.75, 3.05) is 13.2 Å². The minimum atomic E-state index is -0.963. The van der Waals surface area contributed by atoms with Crippen LogP contribution < -0.4 is 5.32 Å². The number of nitrogens with one attached hydrogen (secondary N) is 1. The van der Waals surface area contributed by atoms with Crippen LogP contribution in [0.5, 0.6) is 0 Å². The number of carbonyl (C=O) groups excluding carboxylic acids is 1. The van der Waals surface area contributed by atoms with E-state index in [0.29, 0.717) is 4.88 Å². The normalized spacial score (nSPS) is 11.5. The summed E-state index contributed by atoms with van der Waals surface area (Å²) in [5, 5.41) is 20.6. The van der Waals surface area contributed by atoms with Crippen LogP contribution in [0.4, 0.5) is 0 Å². The number of aliphatic hydroxyl groups is 2. The van der Waals surface area contributed by atoms with Gasteiger partial charge in [0.15, 0.2) is 0 Å². The second-order valence-electron chi connectivity index (χ2n) is 3.74. The van der Waals surface area contributed by atoms with Gasteiger partial charge in [-0.05, 0) is 26.0 Å². The summed E-state index contributed by atoms with van der Waals surface area (Å²) in [6.45, 7) is 2.92. The van der Waals surface area contributed by atoms with Crippen LogP contribution in [0.1, 0.15) is 21.5 Å². The molecule has 0 aliphatic carbocycles. The molecule has 15 heavy (non-hydrogen) atoms. The van der Waals surface area contributed by atoms with Crippen molar-refractivity contribution in [1.29, 1.82) is 0 Å². The first-order valence-electron chi connectivity index (χ1n) is 4.61. The smallest absolute Gasteiger partial charge is 0.261 e. The van der Waals surface area contributed by atoms with E-state index in [1.54, 1.807) is 13.0 Å². The van der Waals surface area contributed by atoms with Crippen LogP contribution in [0, 0.1) is 6.92 Å². The van der Waals surface area contributed by atoms with Crippen molar-refractivity contribution >= 4 is 17.2 Å². The van der Waals surface area contributed by atoms with Gasteiger partial charge >= 0.3 is 0 Å². The van der Waals surface area contributed by atoms with Gasteiger partial charge in [-0.3, -0.25) is 4.79 Å². The van der Waals surface area contributed by atoms with Crippen LogP contribution in [-0.4, -0.2) is 34.9 Å². The van der Waals surface area contributed by atoms with Crippen molar-refractivity contribution in [3.63, 3.8) is 0 Å². The van der Waals surface area contributed by atoms with Crippen LogP contribution in [0.25, 0.3) is 0 Å². The number of amides is 1. The molecule has 0 aromatic carbocycles. The highest BCUT2D eigenvalue weighted by atomic mass is 32.1. The molecule has 0 unspecified atom stereocenters. The summed E-state index contributed by atoms with van der Waals surface area (Å²) in [6, 6.07) is 3.58. The van der Waals surface area contributed by atoms with Crippen LogP contribution in [-0.2, 0) is 0 Å². The van der Waals surface area contributed by atoms with Gasteiger partial charge in [-0.25, -0.2) is 0 Å². The predicted molar refractivity (Wildman–Crippen MR) is 59.1 cm³/mol. The van der Waals surface area contributed by atoms with E-state index in [9.17, 15) is 4.79 Å². The summed E-state index contributed by atoms with van der Waals surface area (Å²) in [5.74, 6) is -0.265. The second-order valence-corrected chi connectivity index (χ2v) is 5.03. The Kier molecular flexibility index (Phi) is 3.84.